The molecule has 0 atom stereocenters. The van der Waals surface area contributed by atoms with E-state index in [1.54, 1.807) is 7.05 Å². The van der Waals surface area contributed by atoms with Crippen LogP contribution < -0.4 is 5.32 Å². The minimum atomic E-state index is 0. The van der Waals surface area contributed by atoms with Crippen LogP contribution in [0.3, 0.4) is 0 Å². The van der Waals surface area contributed by atoms with Crippen molar-refractivity contribution >= 4 is 14.1 Å². The lowest BCUT2D eigenvalue weighted by molar-refractivity contribution is -0.109. The van der Waals surface area contributed by atoms with Gasteiger partial charge in [-0.2, -0.15) is 0 Å². The Hall–Kier alpha value is -1.33. The van der Waals surface area contributed by atoms with E-state index in [1.807, 2.05) is 0 Å². The van der Waals surface area contributed by atoms with E-state index in [9.17, 15) is 0 Å². The number of rotatable bonds is 1. The lowest BCUT2D eigenvalue weighted by atomic mass is 10.1. The van der Waals surface area contributed by atoms with Crippen LogP contribution in [0.4, 0.5) is 0 Å². The first-order valence-corrected chi connectivity index (χ1v) is 3.61. The van der Waals surface area contributed by atoms with Crippen molar-refractivity contribution in [2.45, 2.75) is 0 Å². The van der Waals surface area contributed by atoms with E-state index in [1.165, 1.54) is 10.4 Å². The molecule has 69 valence electrons. The van der Waals surface area contributed by atoms with E-state index < -0.39 is 0 Å². The van der Waals surface area contributed by atoms with E-state index in [0.717, 1.165) is 0 Å². The van der Waals surface area contributed by atoms with Gasteiger partial charge in [0.05, 0.1) is 0 Å². The van der Waals surface area contributed by atoms with Gasteiger partial charge in [0.2, 0.25) is 6.41 Å². The van der Waals surface area contributed by atoms with Gasteiger partial charge in [-0.05, 0) is 10.4 Å². The lowest BCUT2D eigenvalue weighted by Gasteiger charge is -1.95. The van der Waals surface area contributed by atoms with Gasteiger partial charge >= 0.3 is 7.69 Å². The van der Waals surface area contributed by atoms with Gasteiger partial charge in [-0.15, -0.1) is 0 Å². The summed E-state index contributed by atoms with van der Waals surface area (Å²) >= 11 is 0. The summed E-state index contributed by atoms with van der Waals surface area (Å²) in [6.07, 6.45) is 0.625. The molecule has 2 aliphatic rings. The molecule has 0 aliphatic heterocycles. The topological polar surface area (TPSA) is 69.6 Å². The predicted octanol–water partition coefficient (Wildman–Crippen LogP) is -0.846. The van der Waals surface area contributed by atoms with E-state index in [2.05, 4.69) is 29.6 Å². The first-order valence-electron chi connectivity index (χ1n) is 3.61. The third kappa shape index (κ3) is 4.30. The zero-order valence-electron chi connectivity index (χ0n) is 7.27. The van der Waals surface area contributed by atoms with Gasteiger partial charge in [-0.1, -0.05) is 24.3 Å². The van der Waals surface area contributed by atoms with Crippen molar-refractivity contribution in [3.05, 3.63) is 34.7 Å². The van der Waals surface area contributed by atoms with Crippen LogP contribution >= 0.6 is 0 Å². The highest BCUT2D eigenvalue weighted by molar-refractivity contribution is 6.13. The molecule has 0 aromatic heterocycles. The lowest BCUT2D eigenvalue weighted by Crippen LogP contribution is -1.98. The summed E-state index contributed by atoms with van der Waals surface area (Å²) in [5, 5.41) is 19.1. The molecular weight excluding hydrogens is 169 g/mol. The molecular formula is C8H11BNO3. The van der Waals surface area contributed by atoms with Crippen molar-refractivity contribution in [1.29, 1.82) is 0 Å². The molecule has 0 aromatic carbocycles. The second kappa shape index (κ2) is 7.33. The Morgan fingerprint density at radius 3 is 1.46 bits per heavy atom. The molecule has 0 saturated carbocycles. The Kier molecular flexibility index (Phi) is 6.58. The molecule has 13 heavy (non-hydrogen) atoms. The average Bonchev–Trinajstić information content (AvgIpc) is 2.13. The van der Waals surface area contributed by atoms with Crippen LogP contribution in [0, 0.1) is 10.4 Å². The zero-order chi connectivity index (χ0) is 10.1. The Morgan fingerprint density at radius 2 is 1.46 bits per heavy atom. The molecule has 4 nitrogen and oxygen atoms in total. The largest absolute Gasteiger partial charge is 0.482 e. The van der Waals surface area contributed by atoms with Crippen LogP contribution in [0.1, 0.15) is 0 Å². The molecule has 1 radical (unpaired) electrons. The highest BCUT2D eigenvalue weighted by atomic mass is 16.4. The highest BCUT2D eigenvalue weighted by Gasteiger charge is 1.88. The summed E-state index contributed by atoms with van der Waals surface area (Å²) in [6, 6.07) is 8.48. The summed E-state index contributed by atoms with van der Waals surface area (Å²) in [5.74, 6) is 0. The third-order valence-electron chi connectivity index (χ3n) is 1.34. The first kappa shape index (κ1) is 11.7. The Morgan fingerprint density at radius 1 is 1.23 bits per heavy atom. The Bertz CT molecular complexity index is 278. The maximum absolute atomic E-state index is 9.06. The minimum absolute atomic E-state index is 0. The van der Waals surface area contributed by atoms with Crippen molar-refractivity contribution in [3.63, 3.8) is 0 Å². The van der Waals surface area contributed by atoms with Crippen LogP contribution in [0.2, 0.25) is 0 Å². The van der Waals surface area contributed by atoms with Crippen LogP contribution in [-0.2, 0) is 4.79 Å². The van der Waals surface area contributed by atoms with Crippen LogP contribution in [0.15, 0.2) is 24.3 Å². The number of benzene rings is 1. The van der Waals surface area contributed by atoms with Crippen molar-refractivity contribution < 1.29 is 14.8 Å². The second-order valence-electron chi connectivity index (χ2n) is 2.10. The maximum atomic E-state index is 9.06. The molecule has 3 N–H and O–H groups in total. The van der Waals surface area contributed by atoms with Crippen molar-refractivity contribution in [2.24, 2.45) is 0 Å². The summed E-state index contributed by atoms with van der Waals surface area (Å²) < 4.78 is 0. The number of carbonyl (C=O) groups is 1. The fourth-order valence-corrected chi connectivity index (χ4v) is 0.663. The molecule has 2 rings (SSSR count). The SMILES string of the molecule is CNC=O.O[B]O.c1cc2ccc1=2. The maximum Gasteiger partial charge on any atom is 0.482 e. The number of hydrogen-bond donors (Lipinski definition) is 3. The third-order valence-corrected chi connectivity index (χ3v) is 1.34. The van der Waals surface area contributed by atoms with Gasteiger partial charge in [0, 0.05) is 7.05 Å². The molecule has 0 aromatic rings. The molecule has 2 aliphatic carbocycles. The number of carbonyl (C=O) groups excluding carboxylic acids is 1. The summed E-state index contributed by atoms with van der Waals surface area (Å²) in [5.41, 5.74) is 0. The van der Waals surface area contributed by atoms with Crippen molar-refractivity contribution in [3.8, 4) is 0 Å². The molecule has 5 heteroatoms. The fourth-order valence-electron chi connectivity index (χ4n) is 0.663. The molecule has 0 fully saturated rings. The van der Waals surface area contributed by atoms with Gasteiger partial charge in [0.25, 0.3) is 0 Å². The predicted molar refractivity (Wildman–Crippen MR) is 49.4 cm³/mol. The molecule has 1 amide bonds. The van der Waals surface area contributed by atoms with E-state index in [0.29, 0.717) is 6.41 Å². The average molecular weight is 180 g/mol. The summed E-state index contributed by atoms with van der Waals surface area (Å²) in [6.45, 7) is 0. The van der Waals surface area contributed by atoms with Gasteiger partial charge < -0.3 is 15.4 Å². The van der Waals surface area contributed by atoms with Crippen LogP contribution in [0.25, 0.3) is 0 Å². The summed E-state index contributed by atoms with van der Waals surface area (Å²) in [4.78, 5) is 9.06. The molecule has 0 spiro atoms. The van der Waals surface area contributed by atoms with Crippen LogP contribution in [-0.4, -0.2) is 31.2 Å². The molecule has 0 bridgehead atoms. The smallest absolute Gasteiger partial charge is 0.429 e. The zero-order valence-corrected chi connectivity index (χ0v) is 7.27. The first-order chi connectivity index (χ1) is 6.29. The van der Waals surface area contributed by atoms with E-state index in [4.69, 9.17) is 14.8 Å². The summed E-state index contributed by atoms with van der Waals surface area (Å²) in [7, 11) is 1.56. The Balaban J connectivity index is 0.000000184. The van der Waals surface area contributed by atoms with E-state index >= 15 is 0 Å². The molecule has 0 heterocycles. The van der Waals surface area contributed by atoms with Gasteiger partial charge in [0.1, 0.15) is 0 Å². The highest BCUT2D eigenvalue weighted by Crippen LogP contribution is 2.04. The monoisotopic (exact) mass is 180 g/mol. The quantitative estimate of drug-likeness (QED) is 0.395. The van der Waals surface area contributed by atoms with Crippen LogP contribution in [0.5, 0.6) is 0 Å². The molecule has 0 saturated heterocycles. The Labute approximate surface area is 76.8 Å². The molecule has 0 unspecified atom stereocenters. The van der Waals surface area contributed by atoms with Crippen molar-refractivity contribution in [2.75, 3.05) is 7.05 Å². The normalized spacial score (nSPS) is 7.92. The number of nitrogens with one attached hydrogen (secondary N) is 1. The standard InChI is InChI=1S/C6H4.C2H5NO.BH2O2/c1-2-6-4-3-5(1)6;1-3-2-4;2-1-3/h1-4H;2H,1H3,(H,3,4);2-3H. The van der Waals surface area contributed by atoms with Crippen molar-refractivity contribution in [1.82, 2.24) is 5.32 Å². The van der Waals surface area contributed by atoms with Gasteiger partial charge in [-0.25, -0.2) is 0 Å². The second-order valence-corrected chi connectivity index (χ2v) is 2.10. The van der Waals surface area contributed by atoms with Gasteiger partial charge in [-0.3, -0.25) is 4.79 Å². The van der Waals surface area contributed by atoms with E-state index in [-0.39, 0.29) is 7.69 Å². The fraction of sp³-hybridized carbons (Fsp3) is 0.125. The number of hydrogen-bond acceptors (Lipinski definition) is 3. The van der Waals surface area contributed by atoms with Gasteiger partial charge in [0.15, 0.2) is 0 Å². The number of amides is 1. The minimum Gasteiger partial charge on any atom is -0.429 e.